The van der Waals surface area contributed by atoms with Gasteiger partial charge < -0.3 is 44.9 Å². The number of nitrogens with zero attached hydrogens (tertiary/aromatic N) is 2. The summed E-state index contributed by atoms with van der Waals surface area (Å²) in [5.74, 6) is -2.34. The molecule has 19 heteroatoms. The lowest BCUT2D eigenvalue weighted by atomic mass is 9.72. The minimum absolute atomic E-state index is 0.0115. The lowest BCUT2D eigenvalue weighted by Crippen LogP contribution is -2.52. The van der Waals surface area contributed by atoms with Gasteiger partial charge in [0.1, 0.15) is 28.6 Å². The first-order valence-corrected chi connectivity index (χ1v) is 21.1. The van der Waals surface area contributed by atoms with Crippen LogP contribution >= 0.6 is 46.8 Å². The second kappa shape index (κ2) is 16.9. The van der Waals surface area contributed by atoms with Crippen LogP contribution in [-0.4, -0.2) is 104 Å². The van der Waals surface area contributed by atoms with Crippen LogP contribution < -0.4 is 20.2 Å². The summed E-state index contributed by atoms with van der Waals surface area (Å²) in [6, 6.07) is 10.3. The van der Waals surface area contributed by atoms with Crippen LogP contribution in [0.4, 0.5) is 0 Å². The zero-order valence-electron chi connectivity index (χ0n) is 30.6. The lowest BCUT2D eigenvalue weighted by Gasteiger charge is -2.43. The standard InChI is InChI=1S/C37H42BrCl2N4O11P/c1-18-32(45)24(41)15-27(53-18)54-26-17-37(50,19(2)42-43-56(51,44(13-11-39)14-12-40)55-21-9-7-20(38)8-10-21)16-23-29(26)36(49)31-30(34(23)47)33(46)22-5-4-6-25(52-3)28(22)35(31)48/h4-10,18,24,26-27,32,45,47,49-50H,11-17,41H2,1-3H3,(H,43,51)/b42-19-/t18-,24-,26-,27-,32+,37-,56?/m0/s1. The highest BCUT2D eigenvalue weighted by Gasteiger charge is 2.49. The minimum Gasteiger partial charge on any atom is -0.507 e. The van der Waals surface area contributed by atoms with Crippen LogP contribution in [0.15, 0.2) is 52.0 Å². The SMILES string of the molecule is COc1cccc2c1C(=O)c1c(O)c3c(c(O)c1C2=O)C[C@@](O)(/C(C)=N\NP(=O)(Oc1ccc(Br)cc1)N(CCCl)CCCl)C[C@@H]3O[C@H]1C[C@H](N)[C@H](O)[C@H](C)O1. The van der Waals surface area contributed by atoms with Crippen molar-refractivity contribution in [1.82, 2.24) is 9.87 Å². The lowest BCUT2D eigenvalue weighted by molar-refractivity contribution is -0.245. The van der Waals surface area contributed by atoms with Crippen LogP contribution in [-0.2, 0) is 20.5 Å². The maximum atomic E-state index is 14.6. The monoisotopic (exact) mass is 898 g/mol. The fraction of sp³-hybridized carbons (Fsp3) is 0.432. The molecule has 0 bridgehead atoms. The molecular formula is C37H42BrCl2N4O11P. The van der Waals surface area contributed by atoms with Crippen LogP contribution in [0.1, 0.15) is 75.8 Å². The molecule has 1 saturated heterocycles. The average Bonchev–Trinajstić information content (AvgIpc) is 3.16. The maximum absolute atomic E-state index is 14.6. The molecule has 1 unspecified atom stereocenters. The first kappa shape index (κ1) is 42.3. The number of phenols is 2. The molecule has 3 aromatic rings. The number of aliphatic hydroxyl groups is 2. The average molecular weight is 901 g/mol. The molecular weight excluding hydrogens is 858 g/mol. The first-order chi connectivity index (χ1) is 26.6. The second-order valence-corrected chi connectivity index (χ2v) is 17.4. The third kappa shape index (κ3) is 7.93. The number of phenolic OH excluding ortho intramolecular Hbond substituents is 2. The van der Waals surface area contributed by atoms with E-state index >= 15 is 0 Å². The Balaban J connectivity index is 1.45. The second-order valence-electron chi connectivity index (χ2n) is 13.8. The van der Waals surface area contributed by atoms with Crippen molar-refractivity contribution in [3.05, 3.63) is 80.3 Å². The van der Waals surface area contributed by atoms with Gasteiger partial charge in [-0.1, -0.05) is 28.1 Å². The molecule has 0 saturated carbocycles. The highest BCUT2D eigenvalue weighted by Crippen LogP contribution is 2.53. The Kier molecular flexibility index (Phi) is 12.8. The third-order valence-corrected chi connectivity index (χ3v) is 13.1. The van der Waals surface area contributed by atoms with E-state index in [0.717, 1.165) is 4.47 Å². The topological polar surface area (TPSA) is 223 Å². The number of nitrogens with two attached hydrogens (primary N) is 1. The molecule has 15 nitrogen and oxygen atoms in total. The van der Waals surface area contributed by atoms with E-state index < -0.39 is 84.5 Å². The van der Waals surface area contributed by atoms with E-state index in [1.807, 2.05) is 0 Å². The van der Waals surface area contributed by atoms with Crippen molar-refractivity contribution >= 4 is 64.1 Å². The van der Waals surface area contributed by atoms with Crippen molar-refractivity contribution in [3.8, 4) is 23.0 Å². The number of aliphatic hydroxyl groups excluding tert-OH is 1. The number of hydrogen-bond acceptors (Lipinski definition) is 13. The van der Waals surface area contributed by atoms with Gasteiger partial charge in [-0.15, -0.1) is 23.2 Å². The molecule has 0 aromatic heterocycles. The van der Waals surface area contributed by atoms with E-state index in [1.54, 1.807) is 31.2 Å². The number of carbonyl (C=O) groups is 2. The van der Waals surface area contributed by atoms with Gasteiger partial charge in [0.25, 0.3) is 0 Å². The normalized spacial score (nSPS) is 25.9. The number of hydrazone groups is 1. The van der Waals surface area contributed by atoms with Gasteiger partial charge in [0.15, 0.2) is 12.1 Å². The number of rotatable bonds is 13. The molecule has 1 heterocycles. The molecule has 2 aliphatic carbocycles. The number of alkyl halides is 2. The Hall–Kier alpha value is -3.28. The third-order valence-electron chi connectivity index (χ3n) is 10.3. The number of halogens is 3. The predicted molar refractivity (Wildman–Crippen MR) is 211 cm³/mol. The summed E-state index contributed by atoms with van der Waals surface area (Å²) in [6.07, 6.45) is -4.92. The van der Waals surface area contributed by atoms with Gasteiger partial charge in [0, 0.05) is 71.3 Å². The summed E-state index contributed by atoms with van der Waals surface area (Å²) in [5, 5.41) is 53.7. The van der Waals surface area contributed by atoms with E-state index in [1.165, 1.54) is 36.9 Å². The predicted octanol–water partition coefficient (Wildman–Crippen LogP) is 5.13. The largest absolute Gasteiger partial charge is 0.507 e. The van der Waals surface area contributed by atoms with Gasteiger partial charge in [-0.25, -0.2) is 14.4 Å². The number of ether oxygens (including phenoxy) is 3. The van der Waals surface area contributed by atoms with Crippen molar-refractivity contribution in [2.24, 2.45) is 10.8 Å². The van der Waals surface area contributed by atoms with Crippen LogP contribution in [0.5, 0.6) is 23.0 Å². The number of methoxy groups -OCH3 is 1. The molecule has 7 N–H and O–H groups in total. The molecule has 3 aliphatic rings. The Bertz CT molecular complexity index is 2080. The number of nitrogens with one attached hydrogen (secondary N) is 1. The number of ketones is 2. The fourth-order valence-electron chi connectivity index (χ4n) is 7.26. The van der Waals surface area contributed by atoms with Crippen molar-refractivity contribution in [1.29, 1.82) is 0 Å². The van der Waals surface area contributed by atoms with Crippen molar-refractivity contribution in [2.75, 3.05) is 32.0 Å². The summed E-state index contributed by atoms with van der Waals surface area (Å²) in [6.45, 7) is 3.24. The molecule has 7 atom stereocenters. The molecule has 302 valence electrons. The zero-order valence-corrected chi connectivity index (χ0v) is 34.6. The molecule has 0 radical (unpaired) electrons. The van der Waals surface area contributed by atoms with Crippen LogP contribution in [0.25, 0.3) is 0 Å². The number of carbonyl (C=O) groups excluding carboxylic acids is 2. The Morgan fingerprint density at radius 3 is 2.38 bits per heavy atom. The Morgan fingerprint density at radius 1 is 1.09 bits per heavy atom. The fourth-order valence-corrected chi connectivity index (χ4v) is 9.86. The van der Waals surface area contributed by atoms with Gasteiger partial charge in [-0.05, 0) is 44.2 Å². The summed E-state index contributed by atoms with van der Waals surface area (Å²) < 4.78 is 40.4. The summed E-state index contributed by atoms with van der Waals surface area (Å²) in [4.78, 5) is 28.1. The Morgan fingerprint density at radius 2 is 1.75 bits per heavy atom. The molecule has 0 spiro atoms. The van der Waals surface area contributed by atoms with E-state index in [9.17, 15) is 34.6 Å². The summed E-state index contributed by atoms with van der Waals surface area (Å²) >= 11 is 15.5. The van der Waals surface area contributed by atoms with Crippen LogP contribution in [0.2, 0.25) is 0 Å². The molecule has 0 amide bonds. The van der Waals surface area contributed by atoms with Crippen LogP contribution in [0.3, 0.4) is 0 Å². The van der Waals surface area contributed by atoms with E-state index in [-0.39, 0.29) is 77.2 Å². The number of fused-ring (bicyclic) bond motifs is 3. The van der Waals surface area contributed by atoms with Crippen LogP contribution in [0, 0.1) is 0 Å². The Labute approximate surface area is 341 Å². The van der Waals surface area contributed by atoms with Gasteiger partial charge in [-0.2, -0.15) is 5.10 Å². The van der Waals surface area contributed by atoms with Crippen molar-refractivity contribution in [2.45, 2.75) is 69.4 Å². The number of benzene rings is 3. The van der Waals surface area contributed by atoms with Gasteiger partial charge in [0.2, 0.25) is 5.78 Å². The number of hydrogen-bond donors (Lipinski definition) is 6. The highest BCUT2D eigenvalue weighted by atomic mass is 79.9. The van der Waals surface area contributed by atoms with Gasteiger partial charge in [0.05, 0.1) is 47.8 Å². The minimum atomic E-state index is -4.12. The zero-order chi connectivity index (χ0) is 40.7. The smallest absolute Gasteiger partial charge is 0.435 e. The summed E-state index contributed by atoms with van der Waals surface area (Å²) in [5.41, 5.74) is 2.91. The molecule has 6 rings (SSSR count). The van der Waals surface area contributed by atoms with Gasteiger partial charge >= 0.3 is 7.67 Å². The van der Waals surface area contributed by atoms with E-state index in [4.69, 9.17) is 47.7 Å². The van der Waals surface area contributed by atoms with E-state index in [2.05, 4.69) is 26.2 Å². The summed E-state index contributed by atoms with van der Waals surface area (Å²) in [7, 11) is -2.78. The van der Waals surface area contributed by atoms with Crippen molar-refractivity contribution < 1.29 is 53.3 Å². The van der Waals surface area contributed by atoms with E-state index in [0.29, 0.717) is 0 Å². The maximum Gasteiger partial charge on any atom is 0.435 e. The highest BCUT2D eigenvalue weighted by molar-refractivity contribution is 9.10. The molecule has 1 aliphatic heterocycles. The molecule has 56 heavy (non-hydrogen) atoms. The van der Waals surface area contributed by atoms with Crippen molar-refractivity contribution in [3.63, 3.8) is 0 Å². The quantitative estimate of drug-likeness (QED) is 0.0337. The molecule has 3 aromatic carbocycles. The number of aromatic hydroxyl groups is 2. The molecule has 1 fully saturated rings. The van der Waals surface area contributed by atoms with Gasteiger partial charge in [-0.3, -0.25) is 9.59 Å². The first-order valence-electron chi connectivity index (χ1n) is 17.7.